The van der Waals surface area contributed by atoms with Gasteiger partial charge in [0.05, 0.1) is 40.1 Å². The maximum Gasteiger partial charge on any atom is 0.213 e. The Kier molecular flexibility index (Phi) is 8.35. The summed E-state index contributed by atoms with van der Waals surface area (Å²) in [6.45, 7) is 8.43. The fourth-order valence-electron chi connectivity index (χ4n) is 4.76. The lowest BCUT2D eigenvalue weighted by atomic mass is 9.96. The van der Waals surface area contributed by atoms with Crippen molar-refractivity contribution in [3.63, 3.8) is 0 Å². The Morgan fingerprint density at radius 3 is 2.53 bits per heavy atom. The fraction of sp³-hybridized carbons (Fsp3) is 0.258. The van der Waals surface area contributed by atoms with Crippen molar-refractivity contribution in [2.24, 2.45) is 5.41 Å². The number of benzene rings is 2. The van der Waals surface area contributed by atoms with Gasteiger partial charge in [-0.25, -0.2) is 13.8 Å². The third kappa shape index (κ3) is 6.61. The van der Waals surface area contributed by atoms with Crippen LogP contribution in [0.3, 0.4) is 0 Å². The van der Waals surface area contributed by atoms with Gasteiger partial charge in [-0.2, -0.15) is 9.65 Å². The van der Waals surface area contributed by atoms with E-state index in [9.17, 15) is 18.4 Å². The molecule has 4 N–H and O–H groups in total. The minimum absolute atomic E-state index is 0.0642. The maximum absolute atomic E-state index is 14.3. The molecular weight excluding hydrogens is 577 g/mol. The predicted octanol–water partition coefficient (Wildman–Crippen LogP) is 6.86. The molecule has 1 aliphatic rings. The first-order valence-electron chi connectivity index (χ1n) is 13.5. The standard InChI is InChI=1S/C31H30ClF3N8/c1-17-20(8-9-27(35)39-17)30(26-15-43(42-41-26)14-22-24(33)6-5-7-25(22)34)40-19-10-21-28(38-16-31(2,3)4)18(12-36)13-37-29(21)23(32)11-19/h5-11,13,15,30,40-42H,14,16H2,1-4H3,(H,37,38)/t30-/m0/s1. The van der Waals surface area contributed by atoms with Gasteiger partial charge in [-0.05, 0) is 42.7 Å². The first kappa shape index (κ1) is 29.9. The Hall–Kier alpha value is -4.53. The van der Waals surface area contributed by atoms with Gasteiger partial charge in [0.2, 0.25) is 5.95 Å². The minimum Gasteiger partial charge on any atom is -0.383 e. The molecule has 3 heterocycles. The summed E-state index contributed by atoms with van der Waals surface area (Å²) in [6.07, 6.45) is 3.16. The minimum atomic E-state index is -0.663. The summed E-state index contributed by atoms with van der Waals surface area (Å²) in [6, 6.07) is 11.7. The number of hydrogen-bond acceptors (Lipinski definition) is 8. The number of halogens is 4. The molecule has 222 valence electrons. The molecule has 12 heteroatoms. The van der Waals surface area contributed by atoms with Crippen LogP contribution in [0.2, 0.25) is 5.02 Å². The monoisotopic (exact) mass is 606 g/mol. The number of pyridine rings is 2. The molecule has 0 radical (unpaired) electrons. The number of anilines is 2. The number of nitrogens with zero attached hydrogens (tertiary/aromatic N) is 4. The summed E-state index contributed by atoms with van der Waals surface area (Å²) >= 11 is 6.71. The molecule has 0 amide bonds. The smallest absolute Gasteiger partial charge is 0.213 e. The molecule has 0 fully saturated rings. The summed E-state index contributed by atoms with van der Waals surface area (Å²) < 4.78 is 42.7. The summed E-state index contributed by atoms with van der Waals surface area (Å²) in [7, 11) is 0. The predicted molar refractivity (Wildman–Crippen MR) is 161 cm³/mol. The number of hydrogen-bond donors (Lipinski definition) is 4. The van der Waals surface area contributed by atoms with Crippen LogP contribution in [0, 0.1) is 41.3 Å². The van der Waals surface area contributed by atoms with Gasteiger partial charge >= 0.3 is 0 Å². The second-order valence-corrected chi connectivity index (χ2v) is 11.9. The van der Waals surface area contributed by atoms with E-state index in [4.69, 9.17) is 11.6 Å². The summed E-state index contributed by atoms with van der Waals surface area (Å²) in [5, 5.41) is 19.2. The van der Waals surface area contributed by atoms with Gasteiger partial charge < -0.3 is 16.1 Å². The van der Waals surface area contributed by atoms with E-state index in [0.717, 1.165) is 0 Å². The molecule has 0 saturated carbocycles. The molecule has 5 rings (SSSR count). The van der Waals surface area contributed by atoms with Crippen molar-refractivity contribution in [1.82, 2.24) is 25.9 Å². The van der Waals surface area contributed by atoms with Gasteiger partial charge in [0.15, 0.2) is 0 Å². The number of aromatic nitrogens is 2. The molecule has 1 aliphatic heterocycles. The van der Waals surface area contributed by atoms with Crippen LogP contribution >= 0.6 is 11.6 Å². The Morgan fingerprint density at radius 2 is 1.86 bits per heavy atom. The second kappa shape index (κ2) is 12.0. The molecule has 8 nitrogen and oxygen atoms in total. The largest absolute Gasteiger partial charge is 0.383 e. The number of aryl methyl sites for hydroxylation is 1. The van der Waals surface area contributed by atoms with Gasteiger partial charge in [-0.1, -0.05) is 44.5 Å². The first-order valence-corrected chi connectivity index (χ1v) is 13.9. The number of nitrogens with one attached hydrogen (secondary N) is 4. The number of hydrazine groups is 2. The van der Waals surface area contributed by atoms with E-state index in [1.165, 1.54) is 35.5 Å². The van der Waals surface area contributed by atoms with Gasteiger partial charge in [0.25, 0.3) is 0 Å². The van der Waals surface area contributed by atoms with Crippen molar-refractivity contribution in [1.29, 1.82) is 5.26 Å². The van der Waals surface area contributed by atoms with Crippen molar-refractivity contribution in [3.05, 3.63) is 106 Å². The molecule has 1 atom stereocenters. The van der Waals surface area contributed by atoms with Gasteiger partial charge in [-0.3, -0.25) is 9.99 Å². The third-order valence-corrected chi connectivity index (χ3v) is 7.18. The second-order valence-electron chi connectivity index (χ2n) is 11.5. The Labute approximate surface area is 252 Å². The van der Waals surface area contributed by atoms with Gasteiger partial charge in [0, 0.05) is 46.8 Å². The lowest BCUT2D eigenvalue weighted by molar-refractivity contribution is 0.255. The zero-order valence-electron chi connectivity index (χ0n) is 24.0. The van der Waals surface area contributed by atoms with Gasteiger partial charge in [-0.15, -0.1) is 5.53 Å². The summed E-state index contributed by atoms with van der Waals surface area (Å²) in [5.74, 6) is -1.95. The topological polar surface area (TPSA) is 101 Å². The molecular formula is C31H30ClF3N8. The molecule has 0 unspecified atom stereocenters. The highest BCUT2D eigenvalue weighted by atomic mass is 35.5. The van der Waals surface area contributed by atoms with Crippen LogP contribution in [0.25, 0.3) is 10.9 Å². The average molecular weight is 607 g/mol. The Balaban J connectivity index is 1.55. The Morgan fingerprint density at radius 1 is 1.12 bits per heavy atom. The molecule has 2 aromatic carbocycles. The molecule has 0 aliphatic carbocycles. The normalized spacial score (nSPS) is 13.8. The highest BCUT2D eigenvalue weighted by Gasteiger charge is 2.26. The number of fused-ring (bicyclic) bond motifs is 1. The molecule has 2 aromatic heterocycles. The van der Waals surface area contributed by atoms with Crippen molar-refractivity contribution in [3.8, 4) is 6.07 Å². The SMILES string of the molecule is Cc1nc(F)ccc1[C@H](Nc1cc(Cl)c2ncc(C#N)c(NCC(C)(C)C)c2c1)C1=CN(Cc2c(F)cccc2F)NN1. The van der Waals surface area contributed by atoms with Crippen molar-refractivity contribution in [2.45, 2.75) is 40.3 Å². The highest BCUT2D eigenvalue weighted by molar-refractivity contribution is 6.35. The molecule has 43 heavy (non-hydrogen) atoms. The molecule has 0 spiro atoms. The van der Waals surface area contributed by atoms with Crippen LogP contribution in [0.4, 0.5) is 24.5 Å². The third-order valence-electron chi connectivity index (χ3n) is 6.90. The lowest BCUT2D eigenvalue weighted by Crippen LogP contribution is -2.37. The fourth-order valence-corrected chi connectivity index (χ4v) is 5.03. The first-order chi connectivity index (χ1) is 20.4. The molecule has 4 aromatic rings. The van der Waals surface area contributed by atoms with Crippen LogP contribution in [-0.4, -0.2) is 21.5 Å². The van der Waals surface area contributed by atoms with Crippen LogP contribution in [0.1, 0.15) is 49.2 Å². The van der Waals surface area contributed by atoms with E-state index in [0.29, 0.717) is 56.4 Å². The zero-order valence-corrected chi connectivity index (χ0v) is 24.7. The number of rotatable bonds is 8. The van der Waals surface area contributed by atoms with E-state index in [1.807, 2.05) is 6.07 Å². The lowest BCUT2D eigenvalue weighted by Gasteiger charge is -2.24. The van der Waals surface area contributed by atoms with Crippen LogP contribution in [-0.2, 0) is 6.54 Å². The van der Waals surface area contributed by atoms with Crippen LogP contribution in [0.15, 0.2) is 60.6 Å². The van der Waals surface area contributed by atoms with E-state index < -0.39 is 23.6 Å². The highest BCUT2D eigenvalue weighted by Crippen LogP contribution is 2.36. The van der Waals surface area contributed by atoms with E-state index in [-0.39, 0.29) is 17.5 Å². The maximum atomic E-state index is 14.3. The quantitative estimate of drug-likeness (QED) is 0.161. The molecule has 0 bridgehead atoms. The van der Waals surface area contributed by atoms with Crippen molar-refractivity contribution < 1.29 is 13.2 Å². The van der Waals surface area contributed by atoms with Crippen molar-refractivity contribution in [2.75, 3.05) is 17.2 Å². The van der Waals surface area contributed by atoms with Gasteiger partial charge in [0.1, 0.15) is 17.7 Å². The number of nitriles is 1. The Bertz CT molecular complexity index is 1740. The zero-order chi connectivity index (χ0) is 30.9. The van der Waals surface area contributed by atoms with E-state index in [1.54, 1.807) is 25.3 Å². The van der Waals surface area contributed by atoms with Crippen LogP contribution < -0.4 is 21.6 Å². The molecule has 0 saturated heterocycles. The van der Waals surface area contributed by atoms with E-state index in [2.05, 4.69) is 58.4 Å². The van der Waals surface area contributed by atoms with E-state index >= 15 is 0 Å². The summed E-state index contributed by atoms with van der Waals surface area (Å²) in [4.78, 5) is 8.42. The van der Waals surface area contributed by atoms with Crippen molar-refractivity contribution >= 4 is 33.9 Å². The average Bonchev–Trinajstić information content (AvgIpc) is 3.41. The van der Waals surface area contributed by atoms with Crippen LogP contribution in [0.5, 0.6) is 0 Å². The summed E-state index contributed by atoms with van der Waals surface area (Å²) in [5.41, 5.74) is 9.55.